The molecule has 0 fully saturated rings. The first-order chi connectivity index (χ1) is 15.9. The Hall–Kier alpha value is -3.22. The summed E-state index contributed by atoms with van der Waals surface area (Å²) in [7, 11) is -2.90. The third-order valence-electron chi connectivity index (χ3n) is 5.41. The van der Waals surface area contributed by atoms with Gasteiger partial charge >= 0.3 is 12.4 Å². The van der Waals surface area contributed by atoms with Crippen LogP contribution in [-0.2, 0) is 29.4 Å². The second-order valence-electron chi connectivity index (χ2n) is 8.19. The van der Waals surface area contributed by atoms with Crippen LogP contribution in [0.1, 0.15) is 42.1 Å². The lowest BCUT2D eigenvalue weighted by atomic mass is 10.0. The van der Waals surface area contributed by atoms with E-state index in [0.717, 1.165) is 12.1 Å². The highest BCUT2D eigenvalue weighted by atomic mass is 32.2. The molecule has 0 aliphatic carbocycles. The fraction of sp³-hybridized carbons (Fsp3) is 0.318. The highest BCUT2D eigenvalue weighted by molar-refractivity contribution is 7.92. The fourth-order valence-electron chi connectivity index (χ4n) is 3.68. The topological polar surface area (TPSA) is 73.1 Å². The summed E-state index contributed by atoms with van der Waals surface area (Å²) < 4.78 is 109. The number of hydrogen-bond donors (Lipinski definition) is 1. The average Bonchev–Trinajstić information content (AvgIpc) is 2.94. The van der Waals surface area contributed by atoms with Crippen LogP contribution in [0.15, 0.2) is 52.2 Å². The number of nitrogens with one attached hydrogen (secondary N) is 1. The van der Waals surface area contributed by atoms with Crippen LogP contribution in [0, 0.1) is 6.92 Å². The Bertz CT molecular complexity index is 1380. The molecule has 0 amide bonds. The molecule has 0 atom stereocenters. The Kier molecular flexibility index (Phi) is 6.61. The van der Waals surface area contributed by atoms with Gasteiger partial charge in [-0.3, -0.25) is 14.2 Å². The number of sulfonamides is 1. The van der Waals surface area contributed by atoms with Crippen LogP contribution in [0.4, 0.5) is 32.0 Å². The van der Waals surface area contributed by atoms with E-state index < -0.39 is 44.1 Å². The molecule has 3 aromatic rings. The zero-order chi connectivity index (χ0) is 26.5. The fourth-order valence-corrected chi connectivity index (χ4v) is 4.72. The van der Waals surface area contributed by atoms with Crippen LogP contribution in [0.25, 0.3) is 5.69 Å². The van der Waals surface area contributed by atoms with E-state index in [0.29, 0.717) is 16.9 Å². The maximum atomic E-state index is 13.1. The van der Waals surface area contributed by atoms with Crippen molar-refractivity contribution in [2.75, 3.05) is 4.72 Å². The van der Waals surface area contributed by atoms with E-state index in [1.54, 1.807) is 23.4 Å². The van der Waals surface area contributed by atoms with Gasteiger partial charge in [-0.25, -0.2) is 13.1 Å². The molecule has 0 unspecified atom stereocenters. The molecule has 6 nitrogen and oxygen atoms in total. The molecular formula is C22H21F6N3O3S. The zero-order valence-electron chi connectivity index (χ0n) is 18.9. The molecule has 1 heterocycles. The van der Waals surface area contributed by atoms with Gasteiger partial charge in [0, 0.05) is 18.3 Å². The van der Waals surface area contributed by atoms with Gasteiger partial charge in [0.25, 0.3) is 15.6 Å². The maximum absolute atomic E-state index is 13.1. The molecule has 0 saturated carbocycles. The van der Waals surface area contributed by atoms with E-state index in [2.05, 4.69) is 0 Å². The van der Waals surface area contributed by atoms with Crippen molar-refractivity contribution in [3.05, 3.63) is 75.2 Å². The lowest BCUT2D eigenvalue weighted by molar-refractivity contribution is -0.143. The molecule has 190 valence electrons. The molecule has 0 aliphatic rings. The minimum Gasteiger partial charge on any atom is -0.285 e. The van der Waals surface area contributed by atoms with Gasteiger partial charge in [0.05, 0.1) is 27.4 Å². The summed E-state index contributed by atoms with van der Waals surface area (Å²) in [4.78, 5) is 12.4. The lowest BCUT2D eigenvalue weighted by Crippen LogP contribution is -2.21. The number of rotatable bonds is 5. The Labute approximate surface area is 196 Å². The molecule has 0 bridgehead atoms. The number of alkyl halides is 6. The molecule has 0 spiro atoms. The lowest BCUT2D eigenvalue weighted by Gasteiger charge is -2.15. The predicted octanol–water partition coefficient (Wildman–Crippen LogP) is 5.45. The monoisotopic (exact) mass is 521 g/mol. The highest BCUT2D eigenvalue weighted by Crippen LogP contribution is 2.38. The number of benzene rings is 2. The Balaban J connectivity index is 2.00. The summed E-state index contributed by atoms with van der Waals surface area (Å²) in [6.45, 7) is 5.47. The maximum Gasteiger partial charge on any atom is 0.416 e. The third kappa shape index (κ3) is 5.24. The first-order valence-corrected chi connectivity index (χ1v) is 11.6. The Morgan fingerprint density at radius 1 is 0.886 bits per heavy atom. The van der Waals surface area contributed by atoms with Crippen LogP contribution in [0.2, 0.25) is 0 Å². The minimum atomic E-state index is -5.13. The summed E-state index contributed by atoms with van der Waals surface area (Å²) >= 11 is 0. The zero-order valence-corrected chi connectivity index (χ0v) is 19.7. The Morgan fingerprint density at radius 2 is 1.37 bits per heavy atom. The van der Waals surface area contributed by atoms with E-state index in [-0.39, 0.29) is 29.7 Å². The molecule has 1 N–H and O–H groups in total. The van der Waals surface area contributed by atoms with Crippen molar-refractivity contribution in [2.45, 2.75) is 43.9 Å². The molecule has 35 heavy (non-hydrogen) atoms. The van der Waals surface area contributed by atoms with Gasteiger partial charge in [-0.15, -0.1) is 0 Å². The molecular weight excluding hydrogens is 500 g/mol. The van der Waals surface area contributed by atoms with Crippen molar-refractivity contribution in [3.8, 4) is 5.69 Å². The second kappa shape index (κ2) is 8.77. The molecule has 3 rings (SSSR count). The van der Waals surface area contributed by atoms with E-state index >= 15 is 0 Å². The molecule has 0 radical (unpaired) electrons. The van der Waals surface area contributed by atoms with Crippen molar-refractivity contribution < 1.29 is 34.8 Å². The number of hydrogen-bond acceptors (Lipinski definition) is 3. The van der Waals surface area contributed by atoms with E-state index in [1.807, 2.05) is 13.8 Å². The third-order valence-corrected chi connectivity index (χ3v) is 6.80. The number of anilines is 1. The van der Waals surface area contributed by atoms with Crippen molar-refractivity contribution in [2.24, 2.45) is 7.05 Å². The van der Waals surface area contributed by atoms with Gasteiger partial charge < -0.3 is 0 Å². The number of aromatic nitrogens is 2. The predicted molar refractivity (Wildman–Crippen MR) is 117 cm³/mol. The molecule has 0 saturated heterocycles. The Morgan fingerprint density at radius 3 is 1.77 bits per heavy atom. The molecule has 1 aromatic heterocycles. The molecule has 2 aromatic carbocycles. The van der Waals surface area contributed by atoms with Crippen LogP contribution in [0.3, 0.4) is 0 Å². The first kappa shape index (κ1) is 26.4. The van der Waals surface area contributed by atoms with Crippen molar-refractivity contribution in [1.82, 2.24) is 9.36 Å². The van der Waals surface area contributed by atoms with Crippen molar-refractivity contribution >= 4 is 15.7 Å². The summed E-state index contributed by atoms with van der Waals surface area (Å²) in [5, 5.41) is 0. The highest BCUT2D eigenvalue weighted by Gasteiger charge is 2.37. The van der Waals surface area contributed by atoms with E-state index in [1.165, 1.54) is 16.8 Å². The van der Waals surface area contributed by atoms with Crippen molar-refractivity contribution in [3.63, 3.8) is 0 Å². The van der Waals surface area contributed by atoms with Crippen LogP contribution < -0.4 is 10.3 Å². The number of halogens is 6. The summed E-state index contributed by atoms with van der Waals surface area (Å²) in [5.74, 6) is -0.0622. The molecule has 13 heteroatoms. The standard InChI is InChI=1S/C22H21F6N3O3S/c1-12(2)19-13(3)30(4)31(20(19)32)17-5-7-18(8-6-17)35(33,34)29-16-10-14(21(23,24)25)9-15(11-16)22(26,27)28/h5-12,29H,1-4H3. The van der Waals surface area contributed by atoms with Crippen molar-refractivity contribution in [1.29, 1.82) is 0 Å². The van der Waals surface area contributed by atoms with Gasteiger partial charge in [0.15, 0.2) is 0 Å². The summed E-state index contributed by atoms with van der Waals surface area (Å²) in [6, 6.07) is 5.28. The quantitative estimate of drug-likeness (QED) is 0.454. The van der Waals surface area contributed by atoms with Gasteiger partial charge in [-0.05, 0) is 55.3 Å². The molecule has 0 aliphatic heterocycles. The smallest absolute Gasteiger partial charge is 0.285 e. The second-order valence-corrected chi connectivity index (χ2v) is 9.87. The van der Waals surface area contributed by atoms with E-state index in [9.17, 15) is 39.6 Å². The SMILES string of the molecule is Cc1c(C(C)C)c(=O)n(-c2ccc(S(=O)(=O)Nc3cc(C(F)(F)F)cc(C(F)(F)F)c3)cc2)n1C. The van der Waals surface area contributed by atoms with Gasteiger partial charge in [-0.2, -0.15) is 26.3 Å². The largest absolute Gasteiger partial charge is 0.416 e. The summed E-state index contributed by atoms with van der Waals surface area (Å²) in [6.07, 6.45) is -10.3. The van der Waals surface area contributed by atoms with Gasteiger partial charge in [-0.1, -0.05) is 13.8 Å². The average molecular weight is 521 g/mol. The van der Waals surface area contributed by atoms with Gasteiger partial charge in [0.2, 0.25) is 0 Å². The normalized spacial score (nSPS) is 12.9. The first-order valence-electron chi connectivity index (χ1n) is 10.1. The number of nitrogens with zero attached hydrogens (tertiary/aromatic N) is 2. The van der Waals surface area contributed by atoms with Gasteiger partial charge in [0.1, 0.15) is 0 Å². The van der Waals surface area contributed by atoms with Crippen LogP contribution in [-0.4, -0.2) is 17.8 Å². The van der Waals surface area contributed by atoms with E-state index in [4.69, 9.17) is 0 Å². The minimum absolute atomic E-state index is 0.0622. The van der Waals surface area contributed by atoms with Crippen LogP contribution >= 0.6 is 0 Å². The summed E-state index contributed by atoms with van der Waals surface area (Å²) in [5.41, 5.74) is -2.88. The van der Waals surface area contributed by atoms with Crippen LogP contribution in [0.5, 0.6) is 0 Å².